The van der Waals surface area contributed by atoms with Crippen LogP contribution in [0.25, 0.3) is 11.2 Å². The number of ether oxygens (including phenoxy) is 2. The summed E-state index contributed by atoms with van der Waals surface area (Å²) in [5, 5.41) is 0. The molecule has 2 aliphatic heterocycles. The highest BCUT2D eigenvalue weighted by atomic mass is 16.5. The highest BCUT2D eigenvalue weighted by Crippen LogP contribution is 2.35. The Hall–Kier alpha value is -2.87. The fourth-order valence-corrected chi connectivity index (χ4v) is 4.24. The van der Waals surface area contributed by atoms with Crippen LogP contribution in [0.5, 0.6) is 5.75 Å². The Labute approximate surface area is 162 Å². The zero-order valence-electron chi connectivity index (χ0n) is 16.1. The van der Waals surface area contributed by atoms with Gasteiger partial charge in [-0.25, -0.2) is 9.78 Å². The molecule has 0 aliphatic carbocycles. The summed E-state index contributed by atoms with van der Waals surface area (Å²) in [6.45, 7) is 2.15. The van der Waals surface area contributed by atoms with Crippen molar-refractivity contribution in [3.05, 3.63) is 40.4 Å². The van der Waals surface area contributed by atoms with Crippen LogP contribution in [0.2, 0.25) is 0 Å². The van der Waals surface area contributed by atoms with Crippen molar-refractivity contribution in [1.82, 2.24) is 19.1 Å². The molecule has 0 radical (unpaired) electrons. The van der Waals surface area contributed by atoms with Gasteiger partial charge in [-0.05, 0) is 43.0 Å². The number of hydrogen-bond donors (Lipinski definition) is 0. The number of rotatable bonds is 3. The first-order valence-corrected chi connectivity index (χ1v) is 9.63. The highest BCUT2D eigenvalue weighted by molar-refractivity contribution is 5.75. The van der Waals surface area contributed by atoms with E-state index in [4.69, 9.17) is 14.5 Å². The van der Waals surface area contributed by atoms with Crippen LogP contribution in [0.4, 0.5) is 11.6 Å². The Kier molecular flexibility index (Phi) is 4.08. The van der Waals surface area contributed by atoms with Crippen molar-refractivity contribution in [3.63, 3.8) is 0 Å². The molecule has 0 amide bonds. The second-order valence-electron chi connectivity index (χ2n) is 7.33. The van der Waals surface area contributed by atoms with E-state index in [-0.39, 0.29) is 11.7 Å². The summed E-state index contributed by atoms with van der Waals surface area (Å²) in [5.74, 6) is 1.48. The van der Waals surface area contributed by atoms with E-state index >= 15 is 0 Å². The molecule has 1 fully saturated rings. The van der Waals surface area contributed by atoms with Gasteiger partial charge in [0.05, 0.1) is 13.3 Å². The van der Waals surface area contributed by atoms with Gasteiger partial charge >= 0.3 is 5.69 Å². The minimum atomic E-state index is -0.0418. The van der Waals surface area contributed by atoms with Crippen LogP contribution in [0.15, 0.2) is 29.2 Å². The van der Waals surface area contributed by atoms with Gasteiger partial charge in [0.1, 0.15) is 11.3 Å². The van der Waals surface area contributed by atoms with Gasteiger partial charge in [0, 0.05) is 38.5 Å². The molecule has 146 valence electrons. The largest absolute Gasteiger partial charge is 0.497 e. The Balaban J connectivity index is 1.60. The molecule has 8 heteroatoms. The van der Waals surface area contributed by atoms with Crippen molar-refractivity contribution in [2.45, 2.75) is 25.3 Å². The van der Waals surface area contributed by atoms with Crippen LogP contribution in [0, 0.1) is 0 Å². The first-order valence-electron chi connectivity index (χ1n) is 9.63. The molecule has 0 bridgehead atoms. The lowest BCUT2D eigenvalue weighted by Gasteiger charge is -2.23. The monoisotopic (exact) mass is 381 g/mol. The summed E-state index contributed by atoms with van der Waals surface area (Å²) >= 11 is 0. The predicted molar refractivity (Wildman–Crippen MR) is 106 cm³/mol. The molecule has 2 aliphatic rings. The summed E-state index contributed by atoms with van der Waals surface area (Å²) < 4.78 is 14.3. The molecule has 8 nitrogen and oxygen atoms in total. The molecule has 0 N–H and O–H groups in total. The lowest BCUT2D eigenvalue weighted by atomic mass is 10.1. The number of aromatic nitrogens is 4. The summed E-state index contributed by atoms with van der Waals surface area (Å²) in [5.41, 5.74) is 3.73. The van der Waals surface area contributed by atoms with Crippen molar-refractivity contribution in [3.8, 4) is 5.75 Å². The third-order valence-electron chi connectivity index (χ3n) is 5.80. The maximum atomic E-state index is 12.9. The molecule has 0 atom stereocenters. The smallest absolute Gasteiger partial charge is 0.330 e. The maximum absolute atomic E-state index is 12.9. The number of nitrogens with zero attached hydrogens (tertiary/aromatic N) is 5. The molecule has 28 heavy (non-hydrogen) atoms. The van der Waals surface area contributed by atoms with E-state index in [0.717, 1.165) is 42.8 Å². The first kappa shape index (κ1) is 17.2. The summed E-state index contributed by atoms with van der Waals surface area (Å²) in [7, 11) is 3.46. The standard InChI is InChI=1S/C20H23N5O3/c1-23-17-12-21-19(24-8-5-13-11-15(27-2)3-4-16(13)24)22-18(17)25(20(23)26)14-6-9-28-10-7-14/h3-4,11-12,14H,5-10H2,1-2H3. The number of hydrogen-bond acceptors (Lipinski definition) is 6. The SMILES string of the molecule is COc1ccc2c(c1)CCN2c1ncc2c(n1)n(C1CCOCC1)c(=O)n2C. The molecule has 0 saturated carbocycles. The summed E-state index contributed by atoms with van der Waals surface area (Å²) in [4.78, 5) is 24.4. The van der Waals surface area contributed by atoms with Crippen LogP contribution >= 0.6 is 0 Å². The van der Waals surface area contributed by atoms with Gasteiger partial charge in [-0.3, -0.25) is 9.13 Å². The van der Waals surface area contributed by atoms with E-state index in [1.165, 1.54) is 5.56 Å². The van der Waals surface area contributed by atoms with Gasteiger partial charge in [-0.15, -0.1) is 0 Å². The first-order chi connectivity index (χ1) is 13.7. The van der Waals surface area contributed by atoms with Crippen LogP contribution in [0.1, 0.15) is 24.4 Å². The topological polar surface area (TPSA) is 74.4 Å². The second kappa shape index (κ2) is 6.63. The number of methoxy groups -OCH3 is 1. The van der Waals surface area contributed by atoms with Gasteiger partial charge in [0.25, 0.3) is 0 Å². The van der Waals surface area contributed by atoms with Crippen LogP contribution < -0.4 is 15.3 Å². The third kappa shape index (κ3) is 2.59. The zero-order valence-corrected chi connectivity index (χ0v) is 16.1. The average Bonchev–Trinajstić information content (AvgIpc) is 3.27. The molecule has 1 aromatic carbocycles. The van der Waals surface area contributed by atoms with E-state index in [2.05, 4.69) is 16.0 Å². The molecule has 0 spiro atoms. The van der Waals surface area contributed by atoms with E-state index < -0.39 is 0 Å². The number of aryl methyl sites for hydroxylation is 1. The Morgan fingerprint density at radius 2 is 2.07 bits per heavy atom. The van der Waals surface area contributed by atoms with Crippen LogP contribution in [0.3, 0.4) is 0 Å². The van der Waals surface area contributed by atoms with Gasteiger partial charge in [-0.1, -0.05) is 0 Å². The maximum Gasteiger partial charge on any atom is 0.330 e. The number of fused-ring (bicyclic) bond motifs is 2. The minimum Gasteiger partial charge on any atom is -0.497 e. The van der Waals surface area contributed by atoms with Crippen LogP contribution in [-0.4, -0.2) is 46.0 Å². The molecule has 1 saturated heterocycles. The van der Waals surface area contributed by atoms with Gasteiger partial charge < -0.3 is 14.4 Å². The van der Waals surface area contributed by atoms with Crippen molar-refractivity contribution >= 4 is 22.8 Å². The highest BCUT2D eigenvalue weighted by Gasteiger charge is 2.26. The van der Waals surface area contributed by atoms with Crippen molar-refractivity contribution in [2.75, 3.05) is 31.8 Å². The molecule has 2 aromatic heterocycles. The fourth-order valence-electron chi connectivity index (χ4n) is 4.24. The van der Waals surface area contributed by atoms with Gasteiger partial charge in [0.2, 0.25) is 5.95 Å². The summed E-state index contributed by atoms with van der Waals surface area (Å²) in [6, 6.07) is 6.18. The van der Waals surface area contributed by atoms with E-state index in [9.17, 15) is 4.79 Å². The molecule has 5 rings (SSSR count). The van der Waals surface area contributed by atoms with E-state index in [1.54, 1.807) is 24.9 Å². The number of anilines is 2. The van der Waals surface area contributed by atoms with Crippen molar-refractivity contribution in [1.29, 1.82) is 0 Å². The van der Waals surface area contributed by atoms with Gasteiger partial charge in [-0.2, -0.15) is 4.98 Å². The van der Waals surface area contributed by atoms with Crippen LogP contribution in [-0.2, 0) is 18.2 Å². The molecule has 0 unspecified atom stereocenters. The lowest BCUT2D eigenvalue weighted by Crippen LogP contribution is -2.30. The second-order valence-corrected chi connectivity index (χ2v) is 7.33. The Morgan fingerprint density at radius 1 is 1.25 bits per heavy atom. The number of imidazole rings is 1. The average molecular weight is 381 g/mol. The minimum absolute atomic E-state index is 0.0418. The van der Waals surface area contributed by atoms with E-state index in [0.29, 0.717) is 24.8 Å². The molecule has 4 heterocycles. The lowest BCUT2D eigenvalue weighted by molar-refractivity contribution is 0.0695. The number of benzene rings is 1. The van der Waals surface area contributed by atoms with Gasteiger partial charge in [0.15, 0.2) is 5.65 Å². The fraction of sp³-hybridized carbons (Fsp3) is 0.450. The summed E-state index contributed by atoms with van der Waals surface area (Å²) in [6.07, 6.45) is 4.32. The predicted octanol–water partition coefficient (Wildman–Crippen LogP) is 2.18. The molecule has 3 aromatic rings. The molecular weight excluding hydrogens is 358 g/mol. The van der Waals surface area contributed by atoms with E-state index in [1.807, 2.05) is 16.7 Å². The van der Waals surface area contributed by atoms with Crippen molar-refractivity contribution in [2.24, 2.45) is 7.05 Å². The quantitative estimate of drug-likeness (QED) is 0.692. The Bertz CT molecular complexity index is 1100. The zero-order chi connectivity index (χ0) is 19.3. The molecular formula is C20H23N5O3. The Morgan fingerprint density at radius 3 is 2.86 bits per heavy atom. The van der Waals surface area contributed by atoms with Crippen molar-refractivity contribution < 1.29 is 9.47 Å². The normalized spacial score (nSPS) is 17.3. The third-order valence-corrected chi connectivity index (χ3v) is 5.80.